The van der Waals surface area contributed by atoms with E-state index < -0.39 is 12.2 Å². The number of hydrogen-bond acceptors (Lipinski definition) is 8. The second-order valence-corrected chi connectivity index (χ2v) is 11.1. The Labute approximate surface area is 245 Å². The summed E-state index contributed by atoms with van der Waals surface area (Å²) in [5, 5.41) is 8.21. The van der Waals surface area contributed by atoms with Crippen molar-refractivity contribution in [2.45, 2.75) is 45.1 Å². The highest BCUT2D eigenvalue weighted by molar-refractivity contribution is 6.30. The van der Waals surface area contributed by atoms with Gasteiger partial charge >= 0.3 is 0 Å². The lowest BCUT2D eigenvalue weighted by molar-refractivity contribution is -0.136. The second-order valence-electron chi connectivity index (χ2n) is 10.6. The molecule has 0 saturated carbocycles. The number of nitrogens with zero attached hydrogens (tertiary/aromatic N) is 4. The van der Waals surface area contributed by atoms with E-state index in [4.69, 9.17) is 30.7 Å². The predicted molar refractivity (Wildman–Crippen MR) is 156 cm³/mol. The number of carbonyl (C=O) groups is 1. The van der Waals surface area contributed by atoms with Crippen LogP contribution in [0.25, 0.3) is 22.1 Å². The molecule has 0 aliphatic carbocycles. The first-order chi connectivity index (χ1) is 20.3. The number of aromatic amines is 1. The van der Waals surface area contributed by atoms with Crippen molar-refractivity contribution in [3.05, 3.63) is 57.7 Å². The van der Waals surface area contributed by atoms with Crippen molar-refractivity contribution in [1.29, 1.82) is 0 Å². The fraction of sp³-hybridized carbons (Fsp3) is 0.448. The van der Waals surface area contributed by atoms with Crippen LogP contribution in [0.5, 0.6) is 0 Å². The molecule has 0 amide bonds. The van der Waals surface area contributed by atoms with E-state index in [9.17, 15) is 13.6 Å². The molecule has 224 valence electrons. The number of alkyl halides is 2. The van der Waals surface area contributed by atoms with Crippen LogP contribution in [-0.4, -0.2) is 65.4 Å². The van der Waals surface area contributed by atoms with Crippen LogP contribution >= 0.6 is 11.6 Å². The van der Waals surface area contributed by atoms with Crippen molar-refractivity contribution in [3.8, 4) is 0 Å². The van der Waals surface area contributed by atoms with Gasteiger partial charge in [-0.3, -0.25) is 9.59 Å². The molecule has 3 aliphatic heterocycles. The first-order valence-corrected chi connectivity index (χ1v) is 14.2. The topological polar surface area (TPSA) is 125 Å². The molecule has 1 atom stereocenters. The summed E-state index contributed by atoms with van der Waals surface area (Å²) in [5.41, 5.74) is 2.46. The van der Waals surface area contributed by atoms with Gasteiger partial charge in [-0.2, -0.15) is 0 Å². The highest BCUT2D eigenvalue weighted by Gasteiger charge is 2.48. The Kier molecular flexibility index (Phi) is 8.93. The second kappa shape index (κ2) is 12.6. The van der Waals surface area contributed by atoms with Crippen LogP contribution in [0.2, 0.25) is 5.02 Å². The monoisotopic (exact) mass is 603 g/mol. The summed E-state index contributed by atoms with van der Waals surface area (Å²) < 4.78 is 37.4. The molecule has 0 radical (unpaired) electrons. The van der Waals surface area contributed by atoms with Crippen LogP contribution in [0.4, 0.5) is 20.3 Å². The molecule has 42 heavy (non-hydrogen) atoms. The molecular weight excluding hydrogens is 572 g/mol. The van der Waals surface area contributed by atoms with Crippen LogP contribution in [0, 0.1) is 5.41 Å². The number of nitrogens with one attached hydrogen (secondary N) is 1. The Balaban J connectivity index is 0.000000155. The van der Waals surface area contributed by atoms with Gasteiger partial charge in [0.1, 0.15) is 16.8 Å². The third-order valence-electron chi connectivity index (χ3n) is 8.18. The van der Waals surface area contributed by atoms with Crippen molar-refractivity contribution in [2.75, 3.05) is 42.6 Å². The van der Waals surface area contributed by atoms with Crippen molar-refractivity contribution in [1.82, 2.24) is 15.0 Å². The zero-order valence-electron chi connectivity index (χ0n) is 23.1. The number of H-pyrrole nitrogens is 1. The number of aromatic nitrogens is 3. The van der Waals surface area contributed by atoms with E-state index in [1.165, 1.54) is 12.6 Å². The number of fused-ring (bicyclic) bond motifs is 3. The van der Waals surface area contributed by atoms with Crippen LogP contribution in [0.1, 0.15) is 44.9 Å². The van der Waals surface area contributed by atoms with Gasteiger partial charge in [0.2, 0.25) is 0 Å². The van der Waals surface area contributed by atoms with Crippen LogP contribution in [0.3, 0.4) is 0 Å². The minimum atomic E-state index is -2.69. The molecule has 2 N–H and O–H groups in total. The zero-order chi connectivity index (χ0) is 29.9. The number of para-hydroxylation sites is 1. The molecule has 1 aromatic carbocycles. The fourth-order valence-electron chi connectivity index (χ4n) is 5.91. The molecule has 0 bridgehead atoms. The number of pyridine rings is 1. The molecule has 3 aliphatic rings. The lowest BCUT2D eigenvalue weighted by atomic mass is 9.72. The molecule has 10 nitrogen and oxygen atoms in total. The Bertz CT molecular complexity index is 1600. The summed E-state index contributed by atoms with van der Waals surface area (Å²) in [4.78, 5) is 35.2. The van der Waals surface area contributed by atoms with Crippen molar-refractivity contribution < 1.29 is 27.8 Å². The van der Waals surface area contributed by atoms with Gasteiger partial charge in [0.25, 0.3) is 18.5 Å². The molecule has 7 rings (SSSR count). The lowest BCUT2D eigenvalue weighted by Gasteiger charge is -2.53. The van der Waals surface area contributed by atoms with E-state index in [-0.39, 0.29) is 17.4 Å². The normalized spacial score (nSPS) is 19.3. The van der Waals surface area contributed by atoms with Gasteiger partial charge < -0.3 is 29.0 Å². The number of ether oxygens (including phenoxy) is 1. The van der Waals surface area contributed by atoms with Crippen molar-refractivity contribution >= 4 is 51.6 Å². The highest BCUT2D eigenvalue weighted by atomic mass is 35.5. The third kappa shape index (κ3) is 5.78. The molecule has 6 heterocycles. The summed E-state index contributed by atoms with van der Waals surface area (Å²) in [6.07, 6.45) is 3.20. The average Bonchev–Trinajstić information content (AvgIpc) is 3.63. The third-order valence-corrected chi connectivity index (χ3v) is 8.40. The van der Waals surface area contributed by atoms with Crippen LogP contribution < -0.4 is 15.4 Å². The Morgan fingerprint density at radius 3 is 2.55 bits per heavy atom. The number of halogens is 3. The maximum Gasteiger partial charge on any atom is 0.297 e. The first kappa shape index (κ1) is 29.7. The van der Waals surface area contributed by atoms with Gasteiger partial charge in [-0.05, 0) is 50.8 Å². The number of rotatable bonds is 3. The van der Waals surface area contributed by atoms with Crippen LogP contribution in [-0.2, 0) is 9.53 Å². The van der Waals surface area contributed by atoms with Gasteiger partial charge in [-0.15, -0.1) is 0 Å². The first-order valence-electron chi connectivity index (χ1n) is 13.8. The number of anilines is 2. The lowest BCUT2D eigenvalue weighted by Crippen LogP contribution is -2.60. The fourth-order valence-corrected chi connectivity index (χ4v) is 6.07. The minimum absolute atomic E-state index is 0.0662. The van der Waals surface area contributed by atoms with Gasteiger partial charge in [0.05, 0.1) is 18.2 Å². The number of piperidine rings is 1. The molecule has 3 aromatic heterocycles. The Morgan fingerprint density at radius 1 is 1.17 bits per heavy atom. The molecule has 3 saturated heterocycles. The summed E-state index contributed by atoms with van der Waals surface area (Å²) in [5.74, 6) is 0.0555. The molecule has 1 spiro atoms. The molecule has 4 aromatic rings. The summed E-state index contributed by atoms with van der Waals surface area (Å²) in [6.45, 7) is 6.08. The largest absolute Gasteiger partial charge is 0.483 e. The maximum absolute atomic E-state index is 13.1. The molecule has 13 heteroatoms. The van der Waals surface area contributed by atoms with E-state index in [1.54, 1.807) is 6.07 Å². The SMILES string of the molecule is C[C@@H]1N(c2cc(Cl)c[nH]c2=O)CCCC12COC2.FC(F)c1nc(N2CCCC2)c2oc3ccccc3c2n1.O=CO. The van der Waals surface area contributed by atoms with E-state index in [1.807, 2.05) is 29.2 Å². The maximum atomic E-state index is 13.1. The summed E-state index contributed by atoms with van der Waals surface area (Å²) in [6, 6.07) is 9.41. The zero-order valence-corrected chi connectivity index (χ0v) is 23.8. The smallest absolute Gasteiger partial charge is 0.297 e. The van der Waals surface area contributed by atoms with Crippen LogP contribution in [0.15, 0.2) is 45.7 Å². The van der Waals surface area contributed by atoms with E-state index in [0.29, 0.717) is 39.3 Å². The minimum Gasteiger partial charge on any atom is -0.483 e. The summed E-state index contributed by atoms with van der Waals surface area (Å²) >= 11 is 5.98. The number of benzene rings is 1. The van der Waals surface area contributed by atoms with Gasteiger partial charge in [0.15, 0.2) is 17.2 Å². The number of carboxylic acid groups (broad SMARTS) is 1. The average molecular weight is 604 g/mol. The summed E-state index contributed by atoms with van der Waals surface area (Å²) in [7, 11) is 0. The Morgan fingerprint density at radius 2 is 1.88 bits per heavy atom. The molecule has 0 unspecified atom stereocenters. The number of furan rings is 1. The van der Waals surface area contributed by atoms with E-state index in [2.05, 4.69) is 26.8 Å². The predicted octanol–water partition coefficient (Wildman–Crippen LogP) is 5.65. The Hall–Kier alpha value is -3.77. The van der Waals surface area contributed by atoms with E-state index >= 15 is 0 Å². The standard InChI is InChI=1S/C15H13F2N3O.C13H17ClN2O2.CH2O2/c16-13(17)14-18-11-9-5-1-2-6-10(9)21-12(11)15(19-14)20-7-3-4-8-20;1-9-13(7-18-8-13)3-2-4-16(9)11-5-10(14)6-15-12(11)17;2-1-3/h1-2,5-6,13H,3-4,7-8H2;5-6,9H,2-4,7-8H2,1H3,(H,15,17);1H,(H,2,3)/t;9-;/m.0./s1. The van der Waals surface area contributed by atoms with E-state index in [0.717, 1.165) is 57.5 Å². The van der Waals surface area contributed by atoms with Crippen molar-refractivity contribution in [3.63, 3.8) is 0 Å². The van der Waals surface area contributed by atoms with Gasteiger partial charge in [-0.25, -0.2) is 18.7 Å². The quantitative estimate of drug-likeness (QED) is 0.286. The van der Waals surface area contributed by atoms with Gasteiger partial charge in [-0.1, -0.05) is 23.7 Å². The van der Waals surface area contributed by atoms with Crippen molar-refractivity contribution in [2.24, 2.45) is 5.41 Å². The van der Waals surface area contributed by atoms with Gasteiger partial charge in [0, 0.05) is 42.7 Å². The number of hydrogen-bond donors (Lipinski definition) is 2. The molecule has 3 fully saturated rings. The highest BCUT2D eigenvalue weighted by Crippen LogP contribution is 2.43. The molecular formula is C29H32ClF2N5O5.